The SMILES string of the molecule is O=C1Nc2ccccc2O/C1=C\c1ccc(C(=O)N2CCN(c3ncccn3)CC2)cc1. The number of carbonyl (C=O) groups excluding carboxylic acids is 2. The van der Waals surface area contributed by atoms with Crippen molar-refractivity contribution >= 4 is 29.5 Å². The summed E-state index contributed by atoms with van der Waals surface area (Å²) in [5, 5.41) is 2.81. The molecule has 3 heterocycles. The molecule has 1 fully saturated rings. The molecule has 0 unspecified atom stereocenters. The summed E-state index contributed by atoms with van der Waals surface area (Å²) in [5.74, 6) is 1.18. The van der Waals surface area contributed by atoms with E-state index >= 15 is 0 Å². The van der Waals surface area contributed by atoms with Crippen molar-refractivity contribution in [2.24, 2.45) is 0 Å². The lowest BCUT2D eigenvalue weighted by Crippen LogP contribution is -2.49. The lowest BCUT2D eigenvalue weighted by atomic mass is 10.1. The van der Waals surface area contributed by atoms with Gasteiger partial charge in [-0.3, -0.25) is 9.59 Å². The van der Waals surface area contributed by atoms with E-state index in [4.69, 9.17) is 4.74 Å². The van der Waals surface area contributed by atoms with Crippen LogP contribution in [0.4, 0.5) is 11.6 Å². The van der Waals surface area contributed by atoms with Gasteiger partial charge in [-0.2, -0.15) is 0 Å². The summed E-state index contributed by atoms with van der Waals surface area (Å²) in [4.78, 5) is 37.7. The molecule has 1 N–H and O–H groups in total. The Morgan fingerprint density at radius 1 is 0.938 bits per heavy atom. The number of hydrogen-bond acceptors (Lipinski definition) is 6. The van der Waals surface area contributed by atoms with Crippen LogP contribution in [0.15, 0.2) is 72.8 Å². The molecule has 160 valence electrons. The van der Waals surface area contributed by atoms with E-state index in [0.29, 0.717) is 49.1 Å². The Hall–Kier alpha value is -4.20. The van der Waals surface area contributed by atoms with Gasteiger partial charge in [-0.25, -0.2) is 9.97 Å². The molecule has 1 aromatic heterocycles. The van der Waals surface area contributed by atoms with Gasteiger partial charge in [0.1, 0.15) is 0 Å². The van der Waals surface area contributed by atoms with Crippen LogP contribution < -0.4 is 15.0 Å². The molecule has 0 atom stereocenters. The molecule has 3 aromatic rings. The van der Waals surface area contributed by atoms with Gasteiger partial charge in [-0.1, -0.05) is 24.3 Å². The van der Waals surface area contributed by atoms with Crippen LogP contribution in [-0.2, 0) is 4.79 Å². The zero-order valence-corrected chi connectivity index (χ0v) is 17.3. The maximum atomic E-state index is 12.9. The van der Waals surface area contributed by atoms with Crippen molar-refractivity contribution in [3.8, 4) is 5.75 Å². The van der Waals surface area contributed by atoms with Crippen LogP contribution in [0.2, 0.25) is 0 Å². The second-order valence-electron chi connectivity index (χ2n) is 7.51. The molecule has 8 nitrogen and oxygen atoms in total. The number of aromatic nitrogens is 2. The number of ether oxygens (including phenoxy) is 1. The van der Waals surface area contributed by atoms with E-state index in [2.05, 4.69) is 20.2 Å². The number of amides is 2. The molecule has 5 rings (SSSR count). The van der Waals surface area contributed by atoms with Gasteiger partial charge < -0.3 is 19.9 Å². The van der Waals surface area contributed by atoms with E-state index in [9.17, 15) is 9.59 Å². The third-order valence-corrected chi connectivity index (χ3v) is 5.44. The minimum absolute atomic E-state index is 0.0154. The number of anilines is 2. The molecule has 2 aliphatic heterocycles. The average molecular weight is 427 g/mol. The normalized spacial score (nSPS) is 16.9. The second kappa shape index (κ2) is 8.50. The van der Waals surface area contributed by atoms with Crippen molar-refractivity contribution in [1.82, 2.24) is 14.9 Å². The molecule has 2 amide bonds. The highest BCUT2D eigenvalue weighted by molar-refractivity contribution is 6.08. The second-order valence-corrected chi connectivity index (χ2v) is 7.51. The predicted octanol–water partition coefficient (Wildman–Crippen LogP) is 2.81. The zero-order valence-electron chi connectivity index (χ0n) is 17.3. The van der Waals surface area contributed by atoms with Gasteiger partial charge in [0, 0.05) is 44.1 Å². The quantitative estimate of drug-likeness (QED) is 0.647. The van der Waals surface area contributed by atoms with Crippen molar-refractivity contribution < 1.29 is 14.3 Å². The zero-order chi connectivity index (χ0) is 21.9. The van der Waals surface area contributed by atoms with Gasteiger partial charge in [-0.05, 0) is 42.0 Å². The third-order valence-electron chi connectivity index (χ3n) is 5.44. The predicted molar refractivity (Wildman–Crippen MR) is 120 cm³/mol. The summed E-state index contributed by atoms with van der Waals surface area (Å²) in [6.07, 6.45) is 5.10. The van der Waals surface area contributed by atoms with Crippen molar-refractivity contribution in [2.75, 3.05) is 36.4 Å². The number of hydrogen-bond donors (Lipinski definition) is 1. The summed E-state index contributed by atoms with van der Waals surface area (Å²) < 4.78 is 5.73. The maximum Gasteiger partial charge on any atom is 0.291 e. The van der Waals surface area contributed by atoms with E-state index in [0.717, 1.165) is 5.56 Å². The number of nitrogens with zero attached hydrogens (tertiary/aromatic N) is 4. The smallest absolute Gasteiger partial charge is 0.291 e. The van der Waals surface area contributed by atoms with Gasteiger partial charge in [-0.15, -0.1) is 0 Å². The fourth-order valence-electron chi connectivity index (χ4n) is 3.72. The molecule has 0 bridgehead atoms. The fourth-order valence-corrected chi connectivity index (χ4v) is 3.72. The number of fused-ring (bicyclic) bond motifs is 1. The Kier molecular flexibility index (Phi) is 5.25. The number of nitrogens with one attached hydrogen (secondary N) is 1. The van der Waals surface area contributed by atoms with Crippen LogP contribution in [-0.4, -0.2) is 52.9 Å². The topological polar surface area (TPSA) is 87.7 Å². The lowest BCUT2D eigenvalue weighted by molar-refractivity contribution is -0.115. The number of carbonyl (C=O) groups is 2. The Morgan fingerprint density at radius 2 is 1.66 bits per heavy atom. The van der Waals surface area contributed by atoms with Crippen LogP contribution in [0, 0.1) is 0 Å². The minimum atomic E-state index is -0.302. The van der Waals surface area contributed by atoms with E-state index < -0.39 is 0 Å². The maximum absolute atomic E-state index is 12.9. The van der Waals surface area contributed by atoms with Crippen LogP contribution in [0.25, 0.3) is 6.08 Å². The van der Waals surface area contributed by atoms with Crippen molar-refractivity contribution in [3.63, 3.8) is 0 Å². The monoisotopic (exact) mass is 427 g/mol. The summed E-state index contributed by atoms with van der Waals surface area (Å²) in [6.45, 7) is 2.59. The van der Waals surface area contributed by atoms with Crippen LogP contribution in [0.1, 0.15) is 15.9 Å². The number of rotatable bonds is 3. The Bertz CT molecular complexity index is 1170. The molecule has 2 aromatic carbocycles. The van der Waals surface area contributed by atoms with Crippen LogP contribution in [0.5, 0.6) is 5.75 Å². The Morgan fingerprint density at radius 3 is 2.41 bits per heavy atom. The van der Waals surface area contributed by atoms with E-state index in [1.165, 1.54) is 0 Å². The molecule has 0 aliphatic carbocycles. The highest BCUT2D eigenvalue weighted by atomic mass is 16.5. The summed E-state index contributed by atoms with van der Waals surface area (Å²) in [5.41, 5.74) is 2.03. The molecular formula is C24H21N5O3. The molecule has 0 saturated carbocycles. The summed E-state index contributed by atoms with van der Waals surface area (Å²) in [7, 11) is 0. The fraction of sp³-hybridized carbons (Fsp3) is 0.167. The van der Waals surface area contributed by atoms with Crippen molar-refractivity contribution in [3.05, 3.63) is 83.9 Å². The number of benzene rings is 2. The lowest BCUT2D eigenvalue weighted by Gasteiger charge is -2.34. The first-order chi connectivity index (χ1) is 15.7. The van der Waals surface area contributed by atoms with Crippen molar-refractivity contribution in [1.29, 1.82) is 0 Å². The van der Waals surface area contributed by atoms with E-state index in [1.807, 2.05) is 29.2 Å². The summed E-state index contributed by atoms with van der Waals surface area (Å²) >= 11 is 0. The highest BCUT2D eigenvalue weighted by Gasteiger charge is 2.24. The van der Waals surface area contributed by atoms with Crippen LogP contribution >= 0.6 is 0 Å². The van der Waals surface area contributed by atoms with Gasteiger partial charge in [0.15, 0.2) is 11.5 Å². The summed E-state index contributed by atoms with van der Waals surface area (Å²) in [6, 6.07) is 16.2. The van der Waals surface area contributed by atoms with Gasteiger partial charge in [0.2, 0.25) is 5.95 Å². The molecule has 8 heteroatoms. The van der Waals surface area contributed by atoms with Gasteiger partial charge >= 0.3 is 0 Å². The van der Waals surface area contributed by atoms with Gasteiger partial charge in [0.25, 0.3) is 11.8 Å². The number of para-hydroxylation sites is 2. The highest BCUT2D eigenvalue weighted by Crippen LogP contribution is 2.30. The van der Waals surface area contributed by atoms with E-state index in [1.54, 1.807) is 48.8 Å². The van der Waals surface area contributed by atoms with E-state index in [-0.39, 0.29) is 17.6 Å². The standard InChI is InChI=1S/C24H21N5O3/c30-22-21(32-20-5-2-1-4-19(20)27-22)16-17-6-8-18(9-7-17)23(31)28-12-14-29(15-13-28)24-25-10-3-11-26-24/h1-11,16H,12-15H2,(H,27,30)/b21-16-. The molecule has 0 radical (unpaired) electrons. The third kappa shape index (κ3) is 4.02. The first kappa shape index (κ1) is 19.7. The average Bonchev–Trinajstić information content (AvgIpc) is 2.85. The molecule has 32 heavy (non-hydrogen) atoms. The largest absolute Gasteiger partial charge is 0.449 e. The number of piperazine rings is 1. The first-order valence-electron chi connectivity index (χ1n) is 10.4. The molecule has 1 saturated heterocycles. The molecule has 2 aliphatic rings. The van der Waals surface area contributed by atoms with Gasteiger partial charge in [0.05, 0.1) is 5.69 Å². The Labute approximate surface area is 185 Å². The Balaban J connectivity index is 1.24. The first-order valence-corrected chi connectivity index (χ1v) is 10.4. The van der Waals surface area contributed by atoms with Crippen molar-refractivity contribution in [2.45, 2.75) is 0 Å². The molecular weight excluding hydrogens is 406 g/mol. The van der Waals surface area contributed by atoms with Crippen LogP contribution in [0.3, 0.4) is 0 Å². The molecule has 0 spiro atoms. The minimum Gasteiger partial charge on any atom is -0.449 e.